The fourth-order valence-electron chi connectivity index (χ4n) is 2.29. The van der Waals surface area contributed by atoms with Crippen LogP contribution in [0.15, 0.2) is 36.4 Å². The van der Waals surface area contributed by atoms with Crippen LogP contribution >= 0.6 is 34.2 Å². The van der Waals surface area contributed by atoms with Crippen molar-refractivity contribution in [3.63, 3.8) is 0 Å². The van der Waals surface area contributed by atoms with Gasteiger partial charge in [-0.15, -0.1) is 11.6 Å². The molecule has 0 spiro atoms. The van der Waals surface area contributed by atoms with E-state index in [0.717, 1.165) is 20.7 Å². The number of aryl methyl sites for hydroxylation is 1. The third kappa shape index (κ3) is 2.64. The van der Waals surface area contributed by atoms with Gasteiger partial charge in [0.25, 0.3) is 0 Å². The molecule has 0 aliphatic rings. The highest BCUT2D eigenvalue weighted by molar-refractivity contribution is 14.1. The van der Waals surface area contributed by atoms with Gasteiger partial charge in [-0.1, -0.05) is 6.07 Å². The van der Waals surface area contributed by atoms with Gasteiger partial charge in [-0.05, 0) is 52.9 Å². The van der Waals surface area contributed by atoms with Gasteiger partial charge in [0, 0.05) is 15.9 Å². The van der Waals surface area contributed by atoms with E-state index in [1.807, 2.05) is 18.2 Å². The van der Waals surface area contributed by atoms with E-state index in [9.17, 15) is 8.78 Å². The Hall–Kier alpha value is -1.21. The Morgan fingerprint density at radius 2 is 2.00 bits per heavy atom. The van der Waals surface area contributed by atoms with Gasteiger partial charge in [0.1, 0.15) is 5.82 Å². The summed E-state index contributed by atoms with van der Waals surface area (Å²) in [6.07, 6.45) is 0.475. The Morgan fingerprint density at radius 1 is 1.19 bits per heavy atom. The third-order valence-electron chi connectivity index (χ3n) is 3.18. The predicted octanol–water partition coefficient (Wildman–Crippen LogP) is 4.69. The zero-order chi connectivity index (χ0) is 15.0. The van der Waals surface area contributed by atoms with Crippen LogP contribution in [0.3, 0.4) is 0 Å². The van der Waals surface area contributed by atoms with Crippen molar-refractivity contribution >= 4 is 45.2 Å². The fourth-order valence-corrected chi connectivity index (χ4v) is 2.93. The van der Waals surface area contributed by atoms with Crippen molar-refractivity contribution < 1.29 is 8.78 Å². The average Bonchev–Trinajstić information content (AvgIpc) is 2.79. The molecular formula is C15H10ClF2IN2. The van der Waals surface area contributed by atoms with Gasteiger partial charge in [0.2, 0.25) is 0 Å². The first kappa shape index (κ1) is 14.7. The van der Waals surface area contributed by atoms with Gasteiger partial charge in [0.05, 0.1) is 16.7 Å². The maximum Gasteiger partial charge on any atom is 0.182 e. The van der Waals surface area contributed by atoms with Gasteiger partial charge in [-0.3, -0.25) is 4.57 Å². The lowest BCUT2D eigenvalue weighted by molar-refractivity contribution is 0.504. The van der Waals surface area contributed by atoms with Gasteiger partial charge in [0.15, 0.2) is 11.6 Å². The van der Waals surface area contributed by atoms with Gasteiger partial charge < -0.3 is 0 Å². The first-order valence-electron chi connectivity index (χ1n) is 6.29. The number of benzene rings is 2. The second kappa shape index (κ2) is 5.88. The van der Waals surface area contributed by atoms with Crippen molar-refractivity contribution in [1.82, 2.24) is 9.55 Å². The summed E-state index contributed by atoms with van der Waals surface area (Å²) < 4.78 is 30.3. The molecule has 21 heavy (non-hydrogen) atoms. The minimum absolute atomic E-state index is 0.152. The highest BCUT2D eigenvalue weighted by Crippen LogP contribution is 2.26. The molecule has 0 aliphatic carbocycles. The SMILES string of the molecule is Fc1cccc(-n2c(CCCl)nc3cc(I)ccc32)c1F. The molecule has 0 radical (unpaired) electrons. The molecule has 0 bridgehead atoms. The molecule has 108 valence electrons. The molecule has 3 aromatic rings. The van der Waals surface area contributed by atoms with Crippen LogP contribution in [-0.4, -0.2) is 15.4 Å². The number of rotatable bonds is 3. The monoisotopic (exact) mass is 418 g/mol. The van der Waals surface area contributed by atoms with Crippen molar-refractivity contribution in [2.24, 2.45) is 0 Å². The van der Waals surface area contributed by atoms with Gasteiger partial charge in [-0.25, -0.2) is 13.8 Å². The van der Waals surface area contributed by atoms with Gasteiger partial charge in [-0.2, -0.15) is 0 Å². The number of hydrogen-bond acceptors (Lipinski definition) is 1. The highest BCUT2D eigenvalue weighted by atomic mass is 127. The van der Waals surface area contributed by atoms with E-state index in [0.29, 0.717) is 18.1 Å². The summed E-state index contributed by atoms with van der Waals surface area (Å²) in [7, 11) is 0. The fraction of sp³-hybridized carbons (Fsp3) is 0.133. The maximum absolute atomic E-state index is 14.1. The number of alkyl halides is 1. The van der Waals surface area contributed by atoms with Crippen LogP contribution in [0.4, 0.5) is 8.78 Å². The normalized spacial score (nSPS) is 11.2. The van der Waals surface area contributed by atoms with Crippen molar-refractivity contribution in [3.05, 3.63) is 57.4 Å². The number of fused-ring (bicyclic) bond motifs is 1. The molecule has 0 N–H and O–H groups in total. The lowest BCUT2D eigenvalue weighted by atomic mass is 10.2. The Balaban J connectivity index is 2.33. The molecule has 1 aromatic heterocycles. The minimum Gasteiger partial charge on any atom is -0.293 e. The Bertz CT molecular complexity index is 817. The average molecular weight is 419 g/mol. The third-order valence-corrected chi connectivity index (χ3v) is 4.04. The quantitative estimate of drug-likeness (QED) is 0.446. The number of nitrogens with zero attached hydrogens (tertiary/aromatic N) is 2. The van der Waals surface area contributed by atoms with Crippen LogP contribution in [0.5, 0.6) is 0 Å². The topological polar surface area (TPSA) is 17.8 Å². The standard InChI is InChI=1S/C15H10ClF2IN2/c16-7-6-14-20-11-8-9(19)4-5-12(11)21(14)13-3-1-2-10(17)15(13)18/h1-5,8H,6-7H2. The largest absolute Gasteiger partial charge is 0.293 e. The molecule has 0 unspecified atom stereocenters. The number of halogens is 4. The van der Waals surface area contributed by atoms with Crippen molar-refractivity contribution in [1.29, 1.82) is 0 Å². The van der Waals surface area contributed by atoms with Crippen LogP contribution in [0.25, 0.3) is 16.7 Å². The first-order chi connectivity index (χ1) is 10.1. The summed E-state index contributed by atoms with van der Waals surface area (Å²) in [5.41, 5.74) is 1.63. The van der Waals surface area contributed by atoms with E-state index < -0.39 is 11.6 Å². The first-order valence-corrected chi connectivity index (χ1v) is 7.90. The summed E-state index contributed by atoms with van der Waals surface area (Å²) in [6, 6.07) is 9.78. The number of imidazole rings is 1. The molecule has 0 amide bonds. The Kier molecular flexibility index (Phi) is 4.12. The van der Waals surface area contributed by atoms with E-state index in [1.165, 1.54) is 12.1 Å². The Labute approximate surface area is 138 Å². The summed E-state index contributed by atoms with van der Waals surface area (Å²) in [5, 5.41) is 0. The molecule has 3 rings (SSSR count). The highest BCUT2D eigenvalue weighted by Gasteiger charge is 2.17. The van der Waals surface area contributed by atoms with Crippen LogP contribution in [0.1, 0.15) is 5.82 Å². The molecule has 1 heterocycles. The van der Waals surface area contributed by atoms with E-state index in [-0.39, 0.29) is 5.69 Å². The summed E-state index contributed by atoms with van der Waals surface area (Å²) in [6.45, 7) is 0. The lowest BCUT2D eigenvalue weighted by Gasteiger charge is -2.10. The van der Waals surface area contributed by atoms with E-state index in [2.05, 4.69) is 27.6 Å². The van der Waals surface area contributed by atoms with Crippen molar-refractivity contribution in [2.45, 2.75) is 6.42 Å². The minimum atomic E-state index is -0.883. The van der Waals surface area contributed by atoms with Crippen LogP contribution in [0.2, 0.25) is 0 Å². The molecule has 6 heteroatoms. The second-order valence-corrected chi connectivity index (χ2v) is 6.13. The smallest absolute Gasteiger partial charge is 0.182 e. The van der Waals surface area contributed by atoms with E-state index >= 15 is 0 Å². The number of aromatic nitrogens is 2. The zero-order valence-electron chi connectivity index (χ0n) is 10.8. The molecule has 0 fully saturated rings. The summed E-state index contributed by atoms with van der Waals surface area (Å²) >= 11 is 7.99. The zero-order valence-corrected chi connectivity index (χ0v) is 13.7. The molecular weight excluding hydrogens is 409 g/mol. The van der Waals surface area contributed by atoms with Crippen LogP contribution in [-0.2, 0) is 6.42 Å². The maximum atomic E-state index is 14.1. The molecule has 0 aliphatic heterocycles. The van der Waals surface area contributed by atoms with Crippen LogP contribution < -0.4 is 0 Å². The van der Waals surface area contributed by atoms with E-state index in [4.69, 9.17) is 11.6 Å². The molecule has 2 aromatic carbocycles. The summed E-state index contributed by atoms with van der Waals surface area (Å²) in [4.78, 5) is 4.50. The molecule has 2 nitrogen and oxygen atoms in total. The Morgan fingerprint density at radius 3 is 2.76 bits per heavy atom. The second-order valence-electron chi connectivity index (χ2n) is 4.51. The van der Waals surface area contributed by atoms with E-state index in [1.54, 1.807) is 4.57 Å². The van der Waals surface area contributed by atoms with Gasteiger partial charge >= 0.3 is 0 Å². The molecule has 0 saturated heterocycles. The predicted molar refractivity (Wildman–Crippen MR) is 88.1 cm³/mol. The summed E-state index contributed by atoms with van der Waals surface area (Å²) in [5.74, 6) is -0.786. The number of hydrogen-bond donors (Lipinski definition) is 0. The molecule has 0 saturated carbocycles. The van der Waals surface area contributed by atoms with Crippen molar-refractivity contribution in [3.8, 4) is 5.69 Å². The van der Waals surface area contributed by atoms with Crippen molar-refractivity contribution in [2.75, 3.05) is 5.88 Å². The van der Waals surface area contributed by atoms with Crippen LogP contribution in [0, 0.1) is 15.2 Å². The molecule has 0 atom stereocenters. The lowest BCUT2D eigenvalue weighted by Crippen LogP contribution is -2.05.